The van der Waals surface area contributed by atoms with E-state index in [1.807, 2.05) is 36.4 Å². The first-order valence-electron chi connectivity index (χ1n) is 11.2. The molecular formula is C25H24N4O5. The van der Waals surface area contributed by atoms with Crippen LogP contribution in [0, 0.1) is 0 Å². The van der Waals surface area contributed by atoms with E-state index in [4.69, 9.17) is 9.84 Å². The number of rotatable bonds is 6. The Bertz CT molecular complexity index is 1210. The summed E-state index contributed by atoms with van der Waals surface area (Å²) in [4.78, 5) is 37.8. The van der Waals surface area contributed by atoms with E-state index in [0.717, 1.165) is 28.7 Å². The van der Waals surface area contributed by atoms with Crippen LogP contribution in [-0.4, -0.2) is 57.4 Å². The number of anilines is 1. The number of aromatic nitrogens is 2. The highest BCUT2D eigenvalue weighted by Crippen LogP contribution is 2.44. The number of carbonyl (C=O) groups is 3. The Morgan fingerprint density at radius 1 is 1.09 bits per heavy atom. The number of ether oxygens (including phenoxy) is 1. The lowest BCUT2D eigenvalue weighted by molar-refractivity contribution is -0.137. The summed E-state index contributed by atoms with van der Waals surface area (Å²) in [5.74, 6) is -1.17. The number of fused-ring (bicyclic) bond motifs is 3. The first-order valence-corrected chi connectivity index (χ1v) is 11.2. The normalized spacial score (nSPS) is 16.7. The lowest BCUT2D eigenvalue weighted by atomic mass is 9.98. The third-order valence-corrected chi connectivity index (χ3v) is 6.43. The maximum atomic E-state index is 12.8. The second-order valence-corrected chi connectivity index (χ2v) is 8.51. The van der Waals surface area contributed by atoms with Crippen molar-refractivity contribution in [3.05, 3.63) is 71.4 Å². The van der Waals surface area contributed by atoms with Gasteiger partial charge in [0.2, 0.25) is 0 Å². The van der Waals surface area contributed by atoms with Gasteiger partial charge in [0.25, 0.3) is 5.91 Å². The fourth-order valence-electron chi connectivity index (χ4n) is 4.91. The lowest BCUT2D eigenvalue weighted by Gasteiger charge is -2.22. The van der Waals surface area contributed by atoms with Crippen LogP contribution in [0.5, 0.6) is 0 Å². The third kappa shape index (κ3) is 4.12. The number of nitrogens with zero attached hydrogens (tertiary/aromatic N) is 2. The molecular weight excluding hydrogens is 436 g/mol. The lowest BCUT2D eigenvalue weighted by Crippen LogP contribution is -2.37. The van der Waals surface area contributed by atoms with Gasteiger partial charge in [0, 0.05) is 24.6 Å². The van der Waals surface area contributed by atoms with Gasteiger partial charge in [-0.2, -0.15) is 5.10 Å². The molecule has 1 aromatic heterocycles. The summed E-state index contributed by atoms with van der Waals surface area (Å²) in [6.45, 7) is 0.658. The van der Waals surface area contributed by atoms with Crippen LogP contribution in [0.15, 0.2) is 54.6 Å². The van der Waals surface area contributed by atoms with Crippen molar-refractivity contribution in [2.75, 3.05) is 18.5 Å². The molecule has 2 aliphatic rings. The average Bonchev–Trinajstić information content (AvgIpc) is 3.55. The molecule has 3 aromatic rings. The second kappa shape index (κ2) is 9.01. The molecule has 2 amide bonds. The number of hydrogen-bond donors (Lipinski definition) is 3. The maximum absolute atomic E-state index is 12.8. The van der Waals surface area contributed by atoms with Crippen LogP contribution in [0.25, 0.3) is 11.1 Å². The quantitative estimate of drug-likeness (QED) is 0.513. The second-order valence-electron chi connectivity index (χ2n) is 8.51. The number of hydrogen-bond acceptors (Lipinski definition) is 5. The zero-order chi connectivity index (χ0) is 23.7. The Morgan fingerprint density at radius 3 is 2.44 bits per heavy atom. The Balaban J connectivity index is 1.21. The molecule has 174 valence electrons. The van der Waals surface area contributed by atoms with Crippen LogP contribution in [-0.2, 0) is 9.53 Å². The van der Waals surface area contributed by atoms with Gasteiger partial charge >= 0.3 is 12.1 Å². The molecule has 1 fully saturated rings. The first kappa shape index (κ1) is 21.7. The van der Waals surface area contributed by atoms with Gasteiger partial charge in [-0.3, -0.25) is 20.0 Å². The van der Waals surface area contributed by atoms with E-state index in [-0.39, 0.29) is 42.4 Å². The fourth-order valence-corrected chi connectivity index (χ4v) is 4.91. The SMILES string of the molecule is O=C(O)C[C@@H]1CCCN1C(=O)c1cc(NC(=O)OCC2c3ccccc3-c3ccccc32)n[nH]1. The topological polar surface area (TPSA) is 125 Å². The zero-order valence-electron chi connectivity index (χ0n) is 18.4. The summed E-state index contributed by atoms with van der Waals surface area (Å²) in [7, 11) is 0. The number of H-pyrrole nitrogens is 1. The van der Waals surface area contributed by atoms with Crippen LogP contribution in [0.4, 0.5) is 10.6 Å². The van der Waals surface area contributed by atoms with Gasteiger partial charge in [0.05, 0.1) is 6.42 Å². The molecule has 1 aliphatic heterocycles. The van der Waals surface area contributed by atoms with E-state index in [1.54, 1.807) is 4.90 Å². The van der Waals surface area contributed by atoms with Crippen LogP contribution in [0.3, 0.4) is 0 Å². The van der Waals surface area contributed by atoms with E-state index < -0.39 is 12.1 Å². The first-order chi connectivity index (χ1) is 16.5. The molecule has 1 saturated heterocycles. The van der Waals surface area contributed by atoms with Crippen molar-refractivity contribution in [3.8, 4) is 11.1 Å². The van der Waals surface area contributed by atoms with Crippen LogP contribution in [0.1, 0.15) is 46.8 Å². The van der Waals surface area contributed by atoms with Crippen molar-refractivity contribution < 1.29 is 24.2 Å². The van der Waals surface area contributed by atoms with Gasteiger partial charge < -0.3 is 14.7 Å². The Morgan fingerprint density at radius 2 is 1.76 bits per heavy atom. The molecule has 2 aromatic carbocycles. The van der Waals surface area contributed by atoms with Gasteiger partial charge in [-0.25, -0.2) is 4.79 Å². The van der Waals surface area contributed by atoms with Gasteiger partial charge in [-0.05, 0) is 35.1 Å². The summed E-state index contributed by atoms with van der Waals surface area (Å²) >= 11 is 0. The molecule has 0 unspecified atom stereocenters. The van der Waals surface area contributed by atoms with Crippen LogP contribution >= 0.6 is 0 Å². The number of amides is 2. The largest absolute Gasteiger partial charge is 0.481 e. The van der Waals surface area contributed by atoms with Crippen molar-refractivity contribution >= 4 is 23.8 Å². The summed E-state index contributed by atoms with van der Waals surface area (Å²) in [5.41, 5.74) is 4.71. The number of carbonyl (C=O) groups excluding carboxylic acids is 2. The third-order valence-electron chi connectivity index (χ3n) is 6.43. The molecule has 2 heterocycles. The van der Waals surface area contributed by atoms with Gasteiger partial charge in [-0.15, -0.1) is 0 Å². The van der Waals surface area contributed by atoms with Crippen LogP contribution < -0.4 is 5.32 Å². The van der Waals surface area contributed by atoms with Gasteiger partial charge in [0.1, 0.15) is 12.3 Å². The van der Waals surface area contributed by atoms with Crippen molar-refractivity contribution in [1.29, 1.82) is 0 Å². The number of benzene rings is 2. The van der Waals surface area contributed by atoms with Gasteiger partial charge in [0.15, 0.2) is 5.82 Å². The van der Waals surface area contributed by atoms with Crippen molar-refractivity contribution in [2.24, 2.45) is 0 Å². The number of carboxylic acid groups (broad SMARTS) is 1. The number of likely N-dealkylation sites (tertiary alicyclic amines) is 1. The van der Waals surface area contributed by atoms with Crippen molar-refractivity contribution in [2.45, 2.75) is 31.2 Å². The standard InChI is InChI=1S/C25H24N4O5/c30-23(31)12-15-6-5-11-29(15)24(32)21-13-22(28-27-21)26-25(33)34-14-20-18-9-3-1-7-16(18)17-8-2-4-10-19(17)20/h1-4,7-10,13,15,20H,5-6,11-12,14H2,(H,30,31)(H2,26,27,28,33)/t15-/m0/s1. The minimum absolute atomic E-state index is 0.0594. The molecule has 0 radical (unpaired) electrons. The molecule has 3 N–H and O–H groups in total. The van der Waals surface area contributed by atoms with E-state index in [0.29, 0.717) is 13.0 Å². The molecule has 1 aliphatic carbocycles. The van der Waals surface area contributed by atoms with E-state index in [2.05, 4.69) is 27.6 Å². The zero-order valence-corrected chi connectivity index (χ0v) is 18.4. The highest BCUT2D eigenvalue weighted by molar-refractivity contribution is 5.95. The van der Waals surface area contributed by atoms with E-state index in [1.165, 1.54) is 6.07 Å². The molecule has 34 heavy (non-hydrogen) atoms. The molecule has 0 spiro atoms. The summed E-state index contributed by atoms with van der Waals surface area (Å²) in [5, 5.41) is 18.2. The molecule has 9 heteroatoms. The molecule has 0 saturated carbocycles. The maximum Gasteiger partial charge on any atom is 0.412 e. The molecule has 9 nitrogen and oxygen atoms in total. The highest BCUT2D eigenvalue weighted by atomic mass is 16.5. The van der Waals surface area contributed by atoms with E-state index in [9.17, 15) is 14.4 Å². The Labute approximate surface area is 195 Å². The minimum Gasteiger partial charge on any atom is -0.481 e. The fraction of sp³-hybridized carbons (Fsp3) is 0.280. The number of carboxylic acids is 1. The highest BCUT2D eigenvalue weighted by Gasteiger charge is 2.32. The van der Waals surface area contributed by atoms with Crippen molar-refractivity contribution in [1.82, 2.24) is 15.1 Å². The summed E-state index contributed by atoms with van der Waals surface area (Å²) < 4.78 is 5.51. The number of aromatic amines is 1. The minimum atomic E-state index is -0.938. The number of aliphatic carboxylic acids is 1. The predicted octanol–water partition coefficient (Wildman–Crippen LogP) is 3.85. The van der Waals surface area contributed by atoms with E-state index >= 15 is 0 Å². The van der Waals surface area contributed by atoms with Crippen LogP contribution in [0.2, 0.25) is 0 Å². The Kier molecular flexibility index (Phi) is 5.75. The molecule has 0 bridgehead atoms. The Hall–Kier alpha value is -4.14. The smallest absolute Gasteiger partial charge is 0.412 e. The molecule has 5 rings (SSSR count). The summed E-state index contributed by atoms with van der Waals surface area (Å²) in [6.07, 6.45) is 0.641. The monoisotopic (exact) mass is 460 g/mol. The van der Waals surface area contributed by atoms with Crippen molar-refractivity contribution in [3.63, 3.8) is 0 Å². The average molecular weight is 460 g/mol. The molecule has 1 atom stereocenters. The summed E-state index contributed by atoms with van der Waals surface area (Å²) in [6, 6.07) is 17.2. The number of nitrogens with one attached hydrogen (secondary N) is 2. The van der Waals surface area contributed by atoms with Gasteiger partial charge in [-0.1, -0.05) is 48.5 Å². The predicted molar refractivity (Wildman–Crippen MR) is 124 cm³/mol.